The minimum atomic E-state index is 0.824. The summed E-state index contributed by atoms with van der Waals surface area (Å²) in [4.78, 5) is 4.48. The van der Waals surface area contributed by atoms with E-state index in [1.807, 2.05) is 0 Å². The van der Waals surface area contributed by atoms with Gasteiger partial charge in [0.05, 0.1) is 5.84 Å². The second kappa shape index (κ2) is 4.61. The molecule has 0 amide bonds. The van der Waals surface area contributed by atoms with Crippen LogP contribution in [0.4, 0.5) is 0 Å². The molecule has 1 saturated heterocycles. The van der Waals surface area contributed by atoms with E-state index in [2.05, 4.69) is 15.6 Å². The first-order valence-electron chi connectivity index (χ1n) is 5.43. The predicted molar refractivity (Wildman–Crippen MR) is 55.1 cm³/mol. The minimum Gasteiger partial charge on any atom is -0.374 e. The van der Waals surface area contributed by atoms with Crippen molar-refractivity contribution >= 4 is 5.84 Å². The van der Waals surface area contributed by atoms with Crippen LogP contribution < -0.4 is 10.6 Å². The molecule has 2 heterocycles. The van der Waals surface area contributed by atoms with Crippen molar-refractivity contribution in [2.45, 2.75) is 25.7 Å². The van der Waals surface area contributed by atoms with Gasteiger partial charge in [0.2, 0.25) is 0 Å². The van der Waals surface area contributed by atoms with E-state index < -0.39 is 0 Å². The van der Waals surface area contributed by atoms with Crippen LogP contribution in [0.25, 0.3) is 0 Å². The standard InChI is InChI=1S/C10H19N3/c1-2-5-12-10(3-1)13-8-9-4-6-11-7-9/h9,11H,1-8H2,(H,12,13). The van der Waals surface area contributed by atoms with Gasteiger partial charge in [-0.25, -0.2) is 0 Å². The van der Waals surface area contributed by atoms with Gasteiger partial charge in [-0.3, -0.25) is 4.99 Å². The van der Waals surface area contributed by atoms with Crippen LogP contribution in [0.1, 0.15) is 25.7 Å². The second-order valence-corrected chi connectivity index (χ2v) is 4.03. The lowest BCUT2D eigenvalue weighted by atomic mass is 10.1. The minimum absolute atomic E-state index is 0.824. The van der Waals surface area contributed by atoms with Crippen LogP contribution >= 0.6 is 0 Å². The monoisotopic (exact) mass is 181 g/mol. The highest BCUT2D eigenvalue weighted by Gasteiger charge is 2.14. The molecular weight excluding hydrogens is 162 g/mol. The first kappa shape index (κ1) is 9.00. The van der Waals surface area contributed by atoms with Crippen molar-refractivity contribution in [2.75, 3.05) is 26.2 Å². The molecule has 3 nitrogen and oxygen atoms in total. The molecule has 0 radical (unpaired) electrons. The van der Waals surface area contributed by atoms with Crippen LogP contribution in [0, 0.1) is 5.92 Å². The summed E-state index contributed by atoms with van der Waals surface area (Å²) >= 11 is 0. The summed E-state index contributed by atoms with van der Waals surface area (Å²) in [6, 6.07) is 0. The molecule has 13 heavy (non-hydrogen) atoms. The van der Waals surface area contributed by atoms with E-state index >= 15 is 0 Å². The van der Waals surface area contributed by atoms with Crippen LogP contribution in [0.15, 0.2) is 4.99 Å². The third-order valence-corrected chi connectivity index (χ3v) is 2.88. The van der Waals surface area contributed by atoms with Crippen LogP contribution in [0.2, 0.25) is 0 Å². The highest BCUT2D eigenvalue weighted by molar-refractivity contribution is 5.82. The van der Waals surface area contributed by atoms with Gasteiger partial charge in [-0.2, -0.15) is 0 Å². The summed E-state index contributed by atoms with van der Waals surface area (Å²) in [5, 5.41) is 6.85. The van der Waals surface area contributed by atoms with E-state index in [0.717, 1.165) is 19.0 Å². The zero-order valence-electron chi connectivity index (χ0n) is 8.18. The Morgan fingerprint density at radius 1 is 1.46 bits per heavy atom. The average Bonchev–Trinajstić information content (AvgIpc) is 2.69. The van der Waals surface area contributed by atoms with Crippen LogP contribution in [0.5, 0.6) is 0 Å². The summed E-state index contributed by atoms with van der Waals surface area (Å²) < 4.78 is 0. The maximum absolute atomic E-state index is 4.48. The predicted octanol–water partition coefficient (Wildman–Crippen LogP) is 0.768. The molecule has 2 N–H and O–H groups in total. The van der Waals surface area contributed by atoms with Gasteiger partial charge in [-0.15, -0.1) is 0 Å². The maximum atomic E-state index is 4.48. The highest BCUT2D eigenvalue weighted by atomic mass is 15.0. The number of nitrogens with zero attached hydrogens (tertiary/aromatic N) is 1. The van der Waals surface area contributed by atoms with Gasteiger partial charge in [0.25, 0.3) is 0 Å². The van der Waals surface area contributed by atoms with Crippen LogP contribution in [0.3, 0.4) is 0 Å². The van der Waals surface area contributed by atoms with Crippen molar-refractivity contribution in [3.8, 4) is 0 Å². The molecule has 2 aliphatic heterocycles. The quantitative estimate of drug-likeness (QED) is 0.660. The normalized spacial score (nSPS) is 28.6. The van der Waals surface area contributed by atoms with E-state index in [1.165, 1.54) is 44.6 Å². The molecule has 0 saturated carbocycles. The van der Waals surface area contributed by atoms with Crippen molar-refractivity contribution in [3.63, 3.8) is 0 Å². The molecule has 0 aromatic rings. The summed E-state index contributed by atoms with van der Waals surface area (Å²) in [5.74, 6) is 2.07. The molecule has 0 aliphatic carbocycles. The molecule has 74 valence electrons. The largest absolute Gasteiger partial charge is 0.374 e. The maximum Gasteiger partial charge on any atom is 0.0963 e. The Labute approximate surface area is 80.0 Å². The summed E-state index contributed by atoms with van der Waals surface area (Å²) in [5.41, 5.74) is 0. The van der Waals surface area contributed by atoms with Gasteiger partial charge in [0, 0.05) is 19.5 Å². The van der Waals surface area contributed by atoms with Crippen molar-refractivity contribution < 1.29 is 0 Å². The van der Waals surface area contributed by atoms with Crippen molar-refractivity contribution in [1.29, 1.82) is 0 Å². The Kier molecular flexibility index (Phi) is 3.19. The Balaban J connectivity index is 1.68. The fourth-order valence-electron chi connectivity index (χ4n) is 1.99. The van der Waals surface area contributed by atoms with Gasteiger partial charge in [-0.05, 0) is 38.3 Å². The average molecular weight is 181 g/mol. The zero-order valence-corrected chi connectivity index (χ0v) is 8.18. The van der Waals surface area contributed by atoms with Gasteiger partial charge in [0.1, 0.15) is 0 Å². The van der Waals surface area contributed by atoms with E-state index in [9.17, 15) is 0 Å². The number of nitrogens with one attached hydrogen (secondary N) is 2. The lowest BCUT2D eigenvalue weighted by Gasteiger charge is -2.16. The van der Waals surface area contributed by atoms with Crippen molar-refractivity contribution in [2.24, 2.45) is 10.9 Å². The van der Waals surface area contributed by atoms with Crippen molar-refractivity contribution in [1.82, 2.24) is 10.6 Å². The van der Waals surface area contributed by atoms with E-state index in [-0.39, 0.29) is 0 Å². The Morgan fingerprint density at radius 2 is 2.46 bits per heavy atom. The smallest absolute Gasteiger partial charge is 0.0963 e. The number of amidine groups is 1. The lowest BCUT2D eigenvalue weighted by Crippen LogP contribution is -2.31. The third kappa shape index (κ3) is 2.69. The van der Waals surface area contributed by atoms with Gasteiger partial charge >= 0.3 is 0 Å². The second-order valence-electron chi connectivity index (χ2n) is 4.03. The van der Waals surface area contributed by atoms with Gasteiger partial charge < -0.3 is 10.6 Å². The fourth-order valence-corrected chi connectivity index (χ4v) is 1.99. The zero-order chi connectivity index (χ0) is 8.93. The highest BCUT2D eigenvalue weighted by Crippen LogP contribution is 2.07. The molecule has 1 fully saturated rings. The molecular formula is C10H19N3. The first-order chi connectivity index (χ1) is 6.45. The Hall–Kier alpha value is -0.570. The first-order valence-corrected chi connectivity index (χ1v) is 5.43. The molecule has 2 rings (SSSR count). The third-order valence-electron chi connectivity index (χ3n) is 2.88. The molecule has 2 aliphatic rings. The molecule has 3 heteroatoms. The number of hydrogen-bond acceptors (Lipinski definition) is 3. The van der Waals surface area contributed by atoms with E-state index in [1.54, 1.807) is 0 Å². The van der Waals surface area contributed by atoms with E-state index in [4.69, 9.17) is 0 Å². The topological polar surface area (TPSA) is 36.4 Å². The number of aliphatic imine (C=N–C) groups is 1. The Morgan fingerprint density at radius 3 is 3.15 bits per heavy atom. The number of hydrogen-bond donors (Lipinski definition) is 2. The summed E-state index contributed by atoms with van der Waals surface area (Å²) in [6.07, 6.45) is 5.07. The molecule has 0 spiro atoms. The molecule has 0 aromatic carbocycles. The van der Waals surface area contributed by atoms with Crippen LogP contribution in [-0.4, -0.2) is 32.0 Å². The fraction of sp³-hybridized carbons (Fsp3) is 0.900. The van der Waals surface area contributed by atoms with Gasteiger partial charge in [-0.1, -0.05) is 0 Å². The van der Waals surface area contributed by atoms with Gasteiger partial charge in [0.15, 0.2) is 0 Å². The molecule has 1 unspecified atom stereocenters. The Bertz CT molecular complexity index is 183. The summed E-state index contributed by atoms with van der Waals surface area (Å²) in [7, 11) is 0. The van der Waals surface area contributed by atoms with Crippen LogP contribution in [-0.2, 0) is 0 Å². The molecule has 1 atom stereocenters. The molecule has 0 bridgehead atoms. The SMILES string of the molecule is C1CCC(NCC2CCNC2)=NC1. The van der Waals surface area contributed by atoms with E-state index in [0.29, 0.717) is 0 Å². The summed E-state index contributed by atoms with van der Waals surface area (Å²) in [6.45, 7) is 4.52. The molecule has 0 aromatic heterocycles. The van der Waals surface area contributed by atoms with Crippen molar-refractivity contribution in [3.05, 3.63) is 0 Å². The lowest BCUT2D eigenvalue weighted by molar-refractivity contribution is 0.558. The number of rotatable bonds is 2.